The molecule has 0 saturated carbocycles. The zero-order chi connectivity index (χ0) is 27.4. The molecule has 1 atom stereocenters. The van der Waals surface area contributed by atoms with Crippen molar-refractivity contribution in [2.24, 2.45) is 0 Å². The Morgan fingerprint density at radius 3 is 2.56 bits per heavy atom. The second-order valence-corrected chi connectivity index (χ2v) is 9.43. The molecule has 1 aliphatic heterocycles. The van der Waals surface area contributed by atoms with E-state index in [4.69, 9.17) is 25.5 Å². The molecule has 3 aromatic carbocycles. The second-order valence-electron chi connectivity index (χ2n) is 8.99. The largest absolute Gasteiger partial charge is 0.485 e. The average Bonchev–Trinajstić information content (AvgIpc) is 3.43. The zero-order valence-corrected chi connectivity index (χ0v) is 21.8. The number of fused-ring (bicyclic) bond motifs is 1. The van der Waals surface area contributed by atoms with Crippen molar-refractivity contribution in [2.75, 3.05) is 18.1 Å². The van der Waals surface area contributed by atoms with E-state index in [-0.39, 0.29) is 49.2 Å². The van der Waals surface area contributed by atoms with Gasteiger partial charge < -0.3 is 19.2 Å². The van der Waals surface area contributed by atoms with Gasteiger partial charge in [0.1, 0.15) is 17.3 Å². The molecule has 2 heterocycles. The number of halogens is 1. The summed E-state index contributed by atoms with van der Waals surface area (Å²) in [5.41, 5.74) is 1.76. The Kier molecular flexibility index (Phi) is 7.65. The minimum absolute atomic E-state index is 0.0651. The van der Waals surface area contributed by atoms with Crippen molar-refractivity contribution >= 4 is 34.9 Å². The van der Waals surface area contributed by atoms with E-state index in [0.29, 0.717) is 33.5 Å². The van der Waals surface area contributed by atoms with E-state index in [1.807, 2.05) is 37.3 Å². The molecule has 9 heteroatoms. The van der Waals surface area contributed by atoms with Crippen LogP contribution >= 0.6 is 11.6 Å². The Morgan fingerprint density at radius 1 is 1.03 bits per heavy atom. The van der Waals surface area contributed by atoms with Crippen LogP contribution < -0.4 is 19.7 Å². The number of rotatable bonds is 9. The van der Waals surface area contributed by atoms with Crippen LogP contribution in [0.4, 0.5) is 5.69 Å². The smallest absolute Gasteiger partial charge is 0.287 e. The van der Waals surface area contributed by atoms with Crippen LogP contribution in [0.15, 0.2) is 89.3 Å². The van der Waals surface area contributed by atoms with Crippen LogP contribution in [0.3, 0.4) is 0 Å². The summed E-state index contributed by atoms with van der Waals surface area (Å²) in [6, 6.07) is 24.2. The van der Waals surface area contributed by atoms with Crippen LogP contribution in [-0.4, -0.2) is 30.8 Å². The van der Waals surface area contributed by atoms with Gasteiger partial charge in [0.15, 0.2) is 24.8 Å². The maximum Gasteiger partial charge on any atom is 0.287 e. The minimum Gasteiger partial charge on any atom is -0.485 e. The molecule has 0 radical (unpaired) electrons. The minimum atomic E-state index is -0.361. The molecule has 1 aromatic heterocycles. The summed E-state index contributed by atoms with van der Waals surface area (Å²) in [5, 5.41) is 3.48. The second kappa shape index (κ2) is 11.4. The molecule has 0 spiro atoms. The first-order valence-electron chi connectivity index (χ1n) is 12.3. The SMILES string of the molecule is CC(NC(=O)c1ccc(CN2C(=O)COc3ccc(C(=O)COc4ccc(Cl)cc4)cc32)o1)c1ccccc1. The number of nitrogens with zero attached hydrogens (tertiary/aromatic N) is 1. The lowest BCUT2D eigenvalue weighted by molar-refractivity contribution is -0.121. The summed E-state index contributed by atoms with van der Waals surface area (Å²) < 4.78 is 16.9. The number of Topliss-reactive ketones (excluding diaryl/α,β-unsaturated/α-hetero) is 1. The number of hydrogen-bond acceptors (Lipinski definition) is 6. The number of carbonyl (C=O) groups is 3. The number of carbonyl (C=O) groups excluding carboxylic acids is 3. The summed E-state index contributed by atoms with van der Waals surface area (Å²) >= 11 is 5.89. The van der Waals surface area contributed by atoms with E-state index in [9.17, 15) is 14.4 Å². The van der Waals surface area contributed by atoms with Gasteiger partial charge in [-0.05, 0) is 67.1 Å². The van der Waals surface area contributed by atoms with Gasteiger partial charge in [0.25, 0.3) is 11.8 Å². The number of nitrogens with one attached hydrogen (secondary N) is 1. The third kappa shape index (κ3) is 6.13. The zero-order valence-electron chi connectivity index (χ0n) is 21.1. The fourth-order valence-corrected chi connectivity index (χ4v) is 4.27. The number of ether oxygens (including phenoxy) is 2. The maximum atomic E-state index is 12.8. The summed E-state index contributed by atoms with van der Waals surface area (Å²) in [7, 11) is 0. The molecule has 1 aliphatic rings. The van der Waals surface area contributed by atoms with Crippen molar-refractivity contribution in [1.29, 1.82) is 0 Å². The van der Waals surface area contributed by atoms with Crippen LogP contribution in [-0.2, 0) is 11.3 Å². The normalized spacial score (nSPS) is 13.3. The van der Waals surface area contributed by atoms with Gasteiger partial charge in [-0.1, -0.05) is 41.9 Å². The molecule has 0 fully saturated rings. The fraction of sp³-hybridized carbons (Fsp3) is 0.167. The number of benzene rings is 3. The highest BCUT2D eigenvalue weighted by atomic mass is 35.5. The fourth-order valence-electron chi connectivity index (χ4n) is 4.15. The van der Waals surface area contributed by atoms with E-state index >= 15 is 0 Å². The van der Waals surface area contributed by atoms with Crippen molar-refractivity contribution in [2.45, 2.75) is 19.5 Å². The summed E-state index contributed by atoms with van der Waals surface area (Å²) in [4.78, 5) is 39.8. The first-order valence-corrected chi connectivity index (χ1v) is 12.7. The number of hydrogen-bond donors (Lipinski definition) is 1. The van der Waals surface area contributed by atoms with Gasteiger partial charge in [0.2, 0.25) is 0 Å². The lowest BCUT2D eigenvalue weighted by atomic mass is 10.1. The number of furan rings is 1. The van der Waals surface area contributed by atoms with Gasteiger partial charge in [0.05, 0.1) is 18.3 Å². The van der Waals surface area contributed by atoms with Crippen molar-refractivity contribution in [3.63, 3.8) is 0 Å². The molecule has 198 valence electrons. The van der Waals surface area contributed by atoms with Gasteiger partial charge in [-0.3, -0.25) is 19.3 Å². The molecule has 2 amide bonds. The molecule has 0 saturated heterocycles. The molecule has 5 rings (SSSR count). The Balaban J connectivity index is 1.27. The van der Waals surface area contributed by atoms with Crippen molar-refractivity contribution in [3.05, 3.63) is 113 Å². The number of amides is 2. The Labute approximate surface area is 230 Å². The lowest BCUT2D eigenvalue weighted by Gasteiger charge is -2.29. The molecule has 1 N–H and O–H groups in total. The van der Waals surface area contributed by atoms with Crippen LogP contribution in [0.2, 0.25) is 5.02 Å². The van der Waals surface area contributed by atoms with Crippen LogP contribution in [0.25, 0.3) is 0 Å². The first-order chi connectivity index (χ1) is 18.9. The Morgan fingerprint density at radius 2 is 1.79 bits per heavy atom. The highest BCUT2D eigenvalue weighted by molar-refractivity contribution is 6.30. The van der Waals surface area contributed by atoms with Crippen molar-refractivity contribution < 1.29 is 28.3 Å². The van der Waals surface area contributed by atoms with Crippen LogP contribution in [0, 0.1) is 0 Å². The van der Waals surface area contributed by atoms with Crippen molar-refractivity contribution in [1.82, 2.24) is 5.32 Å². The maximum absolute atomic E-state index is 12.8. The molecular weight excluding hydrogens is 520 g/mol. The number of anilines is 1. The first kappa shape index (κ1) is 26.1. The molecule has 1 unspecified atom stereocenters. The lowest BCUT2D eigenvalue weighted by Crippen LogP contribution is -2.38. The third-order valence-electron chi connectivity index (χ3n) is 6.25. The third-order valence-corrected chi connectivity index (χ3v) is 6.51. The average molecular weight is 545 g/mol. The van der Waals surface area contributed by atoms with Crippen LogP contribution in [0.1, 0.15) is 45.2 Å². The van der Waals surface area contributed by atoms with E-state index < -0.39 is 0 Å². The monoisotopic (exact) mass is 544 g/mol. The Hall–Kier alpha value is -4.56. The van der Waals surface area contributed by atoms with Crippen molar-refractivity contribution in [3.8, 4) is 11.5 Å². The van der Waals surface area contributed by atoms with Gasteiger partial charge in [-0.2, -0.15) is 0 Å². The molecule has 39 heavy (non-hydrogen) atoms. The van der Waals surface area contributed by atoms with Gasteiger partial charge in [-0.25, -0.2) is 0 Å². The molecule has 0 aliphatic carbocycles. The van der Waals surface area contributed by atoms with Gasteiger partial charge >= 0.3 is 0 Å². The molecule has 4 aromatic rings. The van der Waals surface area contributed by atoms with Gasteiger partial charge in [0, 0.05) is 10.6 Å². The number of ketones is 1. The van der Waals surface area contributed by atoms with E-state index in [0.717, 1.165) is 5.56 Å². The molecule has 0 bridgehead atoms. The summed E-state index contributed by atoms with van der Waals surface area (Å²) in [6.45, 7) is 1.62. The van der Waals surface area contributed by atoms with E-state index in [1.165, 1.54) is 4.90 Å². The van der Waals surface area contributed by atoms with Crippen LogP contribution in [0.5, 0.6) is 11.5 Å². The van der Waals surface area contributed by atoms with E-state index in [2.05, 4.69) is 5.32 Å². The predicted molar refractivity (Wildman–Crippen MR) is 145 cm³/mol. The van der Waals surface area contributed by atoms with E-state index in [1.54, 1.807) is 54.6 Å². The Bertz CT molecular complexity index is 1500. The van der Waals surface area contributed by atoms with Gasteiger partial charge in [-0.15, -0.1) is 0 Å². The topological polar surface area (TPSA) is 98.1 Å². The highest BCUT2D eigenvalue weighted by Crippen LogP contribution is 2.34. The molecule has 8 nitrogen and oxygen atoms in total. The predicted octanol–water partition coefficient (Wildman–Crippen LogP) is 5.61. The highest BCUT2D eigenvalue weighted by Gasteiger charge is 2.28. The summed E-state index contributed by atoms with van der Waals surface area (Å²) in [5.74, 6) is 0.598. The standard InChI is InChI=1S/C30H25ClN2O6/c1-19(20-5-3-2-4-6-20)32-30(36)28-14-12-24(39-28)16-33-25-15-21(7-13-27(25)38-18-29(33)35)26(34)17-37-23-10-8-22(31)9-11-23/h2-15,19H,16-18H2,1H3,(H,32,36). The molecular formula is C30H25ClN2O6. The quantitative estimate of drug-likeness (QED) is 0.275. The summed E-state index contributed by atoms with van der Waals surface area (Å²) in [6.07, 6.45) is 0.